The van der Waals surface area contributed by atoms with Crippen molar-refractivity contribution in [3.63, 3.8) is 0 Å². The molecule has 2 heterocycles. The zero-order valence-corrected chi connectivity index (χ0v) is 18.2. The van der Waals surface area contributed by atoms with Gasteiger partial charge in [0, 0.05) is 30.4 Å². The minimum absolute atomic E-state index is 0.0914. The third-order valence-corrected chi connectivity index (χ3v) is 7.05. The van der Waals surface area contributed by atoms with Gasteiger partial charge in [-0.25, -0.2) is 0 Å². The van der Waals surface area contributed by atoms with Gasteiger partial charge in [-0.15, -0.1) is 0 Å². The van der Waals surface area contributed by atoms with E-state index in [0.29, 0.717) is 23.3 Å². The Labute approximate surface area is 178 Å². The van der Waals surface area contributed by atoms with Crippen LogP contribution in [0.5, 0.6) is 5.75 Å². The summed E-state index contributed by atoms with van der Waals surface area (Å²) in [5.74, 6) is 1.50. The number of rotatable bonds is 4. The number of hydrogen-bond acceptors (Lipinski definition) is 3. The molecule has 1 aromatic carbocycles. The molecule has 30 heavy (non-hydrogen) atoms. The summed E-state index contributed by atoms with van der Waals surface area (Å²) in [6.07, 6.45) is 5.62. The predicted molar refractivity (Wildman–Crippen MR) is 119 cm³/mol. The van der Waals surface area contributed by atoms with Crippen LogP contribution in [-0.4, -0.2) is 35.1 Å². The van der Waals surface area contributed by atoms with E-state index in [0.717, 1.165) is 24.9 Å². The molecule has 0 spiro atoms. The van der Waals surface area contributed by atoms with Gasteiger partial charge in [0.25, 0.3) is 11.5 Å². The molecule has 3 unspecified atom stereocenters. The third kappa shape index (κ3) is 3.57. The van der Waals surface area contributed by atoms with Crippen molar-refractivity contribution in [2.24, 2.45) is 17.3 Å². The summed E-state index contributed by atoms with van der Waals surface area (Å²) in [7, 11) is 1.61. The minimum Gasteiger partial charge on any atom is -0.496 e. The summed E-state index contributed by atoms with van der Waals surface area (Å²) in [5.41, 5.74) is 1.12. The zero-order valence-electron chi connectivity index (χ0n) is 18.2. The molecule has 5 heteroatoms. The van der Waals surface area contributed by atoms with Gasteiger partial charge in [0.1, 0.15) is 11.4 Å². The van der Waals surface area contributed by atoms with Crippen LogP contribution in [0.3, 0.4) is 0 Å². The molecule has 1 saturated carbocycles. The molecular weight excluding hydrogens is 376 g/mol. The number of likely N-dealkylation sites (tertiary alicyclic amines) is 1. The SMILES string of the molecule is COc1ccccc1/C=C(\C(=O)N1CC2CC1C(C)C(C)(C)C2)n1ccccc1=O. The van der Waals surface area contributed by atoms with Gasteiger partial charge < -0.3 is 9.64 Å². The maximum Gasteiger partial charge on any atom is 0.271 e. The van der Waals surface area contributed by atoms with Gasteiger partial charge >= 0.3 is 0 Å². The fourth-order valence-electron chi connectivity index (χ4n) is 5.20. The molecule has 1 aliphatic heterocycles. The second-order valence-corrected chi connectivity index (χ2v) is 9.29. The maximum atomic E-state index is 13.9. The molecule has 5 nitrogen and oxygen atoms in total. The highest BCUT2D eigenvalue weighted by molar-refractivity contribution is 6.18. The monoisotopic (exact) mass is 406 g/mol. The average Bonchev–Trinajstić information content (AvgIpc) is 3.10. The molecule has 1 aromatic heterocycles. The lowest BCUT2D eigenvalue weighted by Crippen LogP contribution is -2.45. The summed E-state index contributed by atoms with van der Waals surface area (Å²) in [4.78, 5) is 28.5. The van der Waals surface area contributed by atoms with E-state index in [-0.39, 0.29) is 22.9 Å². The number of carbonyl (C=O) groups is 1. The molecule has 2 aromatic rings. The van der Waals surface area contributed by atoms with Gasteiger partial charge in [-0.05, 0) is 48.3 Å². The smallest absolute Gasteiger partial charge is 0.271 e. The van der Waals surface area contributed by atoms with Crippen LogP contribution in [-0.2, 0) is 4.79 Å². The number of methoxy groups -OCH3 is 1. The van der Waals surface area contributed by atoms with E-state index in [9.17, 15) is 9.59 Å². The molecule has 1 saturated heterocycles. The quantitative estimate of drug-likeness (QED) is 0.717. The molecule has 3 atom stereocenters. The number of ether oxygens (including phenoxy) is 1. The van der Waals surface area contributed by atoms with Crippen LogP contribution >= 0.6 is 0 Å². The molecule has 2 fully saturated rings. The number of hydrogen-bond donors (Lipinski definition) is 0. The number of nitrogens with zero attached hydrogens (tertiary/aromatic N) is 2. The fraction of sp³-hybridized carbons (Fsp3) is 0.440. The van der Waals surface area contributed by atoms with E-state index >= 15 is 0 Å². The first-order chi connectivity index (χ1) is 14.3. The van der Waals surface area contributed by atoms with Gasteiger partial charge in [-0.1, -0.05) is 45.0 Å². The first-order valence-corrected chi connectivity index (χ1v) is 10.7. The Morgan fingerprint density at radius 1 is 1.17 bits per heavy atom. The Bertz CT molecular complexity index is 1040. The van der Waals surface area contributed by atoms with Crippen LogP contribution in [0.1, 0.15) is 39.2 Å². The molecule has 1 amide bonds. The van der Waals surface area contributed by atoms with Gasteiger partial charge in [-0.3, -0.25) is 14.2 Å². The summed E-state index contributed by atoms with van der Waals surface area (Å²) in [6.45, 7) is 7.61. The van der Waals surface area contributed by atoms with Crippen LogP contribution < -0.4 is 10.3 Å². The highest BCUT2D eigenvalue weighted by atomic mass is 16.5. The lowest BCUT2D eigenvalue weighted by atomic mass is 9.65. The standard InChI is InChI=1S/C25H30N2O3/c1-17-20-13-18(15-25(17,2)3)16-27(20)24(29)21(26-12-8-7-11-23(26)28)14-19-9-5-6-10-22(19)30-4/h5-12,14,17-18,20H,13,15-16H2,1-4H3/b21-14+. The van der Waals surface area contributed by atoms with E-state index < -0.39 is 0 Å². The van der Waals surface area contributed by atoms with Crippen LogP contribution in [0.25, 0.3) is 11.8 Å². The largest absolute Gasteiger partial charge is 0.496 e. The number of pyridine rings is 1. The fourth-order valence-corrected chi connectivity index (χ4v) is 5.20. The molecule has 4 rings (SSSR count). The first kappa shape index (κ1) is 20.5. The zero-order chi connectivity index (χ0) is 21.5. The van der Waals surface area contributed by atoms with Gasteiger partial charge in [0.05, 0.1) is 7.11 Å². The number of aromatic nitrogens is 1. The number of amides is 1. The van der Waals surface area contributed by atoms with Crippen LogP contribution in [0.15, 0.2) is 53.5 Å². The normalized spacial score (nSPS) is 25.3. The Balaban J connectivity index is 1.79. The second kappa shape index (κ2) is 7.78. The number of benzene rings is 1. The molecular formula is C25H30N2O3. The molecule has 2 bridgehead atoms. The van der Waals surface area contributed by atoms with Crippen molar-refractivity contribution < 1.29 is 9.53 Å². The van der Waals surface area contributed by atoms with Crippen LogP contribution in [0.4, 0.5) is 0 Å². The number of fused-ring (bicyclic) bond motifs is 2. The lowest BCUT2D eigenvalue weighted by Gasteiger charge is -2.42. The van der Waals surface area contributed by atoms with Gasteiger partial charge in [-0.2, -0.15) is 0 Å². The van der Waals surface area contributed by atoms with Crippen molar-refractivity contribution in [3.05, 3.63) is 64.6 Å². The van der Waals surface area contributed by atoms with E-state index in [4.69, 9.17) is 4.74 Å². The minimum atomic E-state index is -0.220. The summed E-state index contributed by atoms with van der Waals surface area (Å²) in [5, 5.41) is 0. The number of para-hydroxylation sites is 1. The topological polar surface area (TPSA) is 51.5 Å². The Morgan fingerprint density at radius 2 is 1.90 bits per heavy atom. The molecule has 0 N–H and O–H groups in total. The molecule has 0 radical (unpaired) electrons. The van der Waals surface area contributed by atoms with Crippen molar-refractivity contribution in [2.45, 2.75) is 39.7 Å². The van der Waals surface area contributed by atoms with Crippen LogP contribution in [0.2, 0.25) is 0 Å². The maximum absolute atomic E-state index is 13.9. The van der Waals surface area contributed by atoms with E-state index in [1.807, 2.05) is 29.2 Å². The molecule has 2 aliphatic rings. The Hall–Kier alpha value is -2.82. The predicted octanol–water partition coefficient (Wildman–Crippen LogP) is 4.14. The van der Waals surface area contributed by atoms with E-state index in [2.05, 4.69) is 20.8 Å². The van der Waals surface area contributed by atoms with Crippen molar-refractivity contribution in [1.29, 1.82) is 0 Å². The molecule has 158 valence electrons. The summed E-state index contributed by atoms with van der Waals surface area (Å²) in [6, 6.07) is 12.7. The average molecular weight is 407 g/mol. The van der Waals surface area contributed by atoms with Gasteiger partial charge in [0.15, 0.2) is 0 Å². The number of carbonyl (C=O) groups excluding carboxylic acids is 1. The molecule has 1 aliphatic carbocycles. The van der Waals surface area contributed by atoms with Gasteiger partial charge in [0.2, 0.25) is 0 Å². The highest BCUT2D eigenvalue weighted by Crippen LogP contribution is 2.49. The van der Waals surface area contributed by atoms with Crippen molar-refractivity contribution in [1.82, 2.24) is 9.47 Å². The van der Waals surface area contributed by atoms with Crippen LogP contribution in [0, 0.1) is 17.3 Å². The third-order valence-electron chi connectivity index (χ3n) is 7.05. The second-order valence-electron chi connectivity index (χ2n) is 9.29. The summed E-state index contributed by atoms with van der Waals surface area (Å²) < 4.78 is 6.93. The highest BCUT2D eigenvalue weighted by Gasteiger charge is 2.49. The Morgan fingerprint density at radius 3 is 2.63 bits per heavy atom. The van der Waals surface area contributed by atoms with Crippen molar-refractivity contribution >= 4 is 17.7 Å². The lowest BCUT2D eigenvalue weighted by molar-refractivity contribution is -0.127. The Kier molecular flexibility index (Phi) is 5.31. The van der Waals surface area contributed by atoms with Crippen molar-refractivity contribution in [3.8, 4) is 5.75 Å². The van der Waals surface area contributed by atoms with E-state index in [1.165, 1.54) is 10.6 Å². The summed E-state index contributed by atoms with van der Waals surface area (Å²) >= 11 is 0. The first-order valence-electron chi connectivity index (χ1n) is 10.7. The van der Waals surface area contributed by atoms with E-state index in [1.54, 1.807) is 31.5 Å². The van der Waals surface area contributed by atoms with Crippen molar-refractivity contribution in [2.75, 3.05) is 13.7 Å².